The molecule has 1 atom stereocenters. The first-order valence-corrected chi connectivity index (χ1v) is 4.96. The van der Waals surface area contributed by atoms with Crippen LogP contribution in [0.5, 0.6) is 0 Å². The molecule has 0 radical (unpaired) electrons. The van der Waals surface area contributed by atoms with Crippen LogP contribution in [-0.2, 0) is 0 Å². The van der Waals surface area contributed by atoms with Gasteiger partial charge in [-0.1, -0.05) is 11.6 Å². The summed E-state index contributed by atoms with van der Waals surface area (Å²) in [6.07, 6.45) is 6.01. The van der Waals surface area contributed by atoms with E-state index < -0.39 is 0 Å². The summed E-state index contributed by atoms with van der Waals surface area (Å²) >= 11 is 4.20. The van der Waals surface area contributed by atoms with Crippen LogP contribution in [0.2, 0.25) is 0 Å². The van der Waals surface area contributed by atoms with E-state index in [9.17, 15) is 0 Å². The van der Waals surface area contributed by atoms with E-state index >= 15 is 0 Å². The molecule has 0 fully saturated rings. The number of hydrogen-bond donors (Lipinski definition) is 2. The first-order chi connectivity index (χ1) is 5.33. The van der Waals surface area contributed by atoms with Gasteiger partial charge in [0.2, 0.25) is 0 Å². The molecule has 1 heterocycles. The quantitative estimate of drug-likeness (QED) is 0.489. The molecule has 0 saturated carbocycles. The van der Waals surface area contributed by atoms with Crippen LogP contribution in [0.3, 0.4) is 0 Å². The van der Waals surface area contributed by atoms with Crippen molar-refractivity contribution in [1.29, 1.82) is 0 Å². The first kappa shape index (κ1) is 9.14. The second kappa shape index (κ2) is 4.83. The molecule has 64 valence electrons. The Hall–Kier alpha value is 0.0500. The molecule has 0 bridgehead atoms. The summed E-state index contributed by atoms with van der Waals surface area (Å²) in [5.74, 6) is 1.01. The largest absolute Gasteiger partial charge is 0.310 e. The lowest BCUT2D eigenvalue weighted by molar-refractivity contribution is 0.478. The van der Waals surface area contributed by atoms with E-state index in [0.717, 1.165) is 12.3 Å². The maximum absolute atomic E-state index is 4.20. The highest BCUT2D eigenvalue weighted by atomic mass is 32.1. The summed E-state index contributed by atoms with van der Waals surface area (Å²) in [4.78, 5) is 0. The molecule has 0 unspecified atom stereocenters. The second-order valence-electron chi connectivity index (χ2n) is 3.23. The summed E-state index contributed by atoms with van der Waals surface area (Å²) in [6.45, 7) is 3.28. The van der Waals surface area contributed by atoms with Gasteiger partial charge in [0, 0.05) is 12.6 Å². The molecule has 0 spiro atoms. The maximum Gasteiger partial charge on any atom is 0.0140 e. The zero-order valence-corrected chi connectivity index (χ0v) is 8.03. The molecule has 1 rings (SSSR count). The van der Waals surface area contributed by atoms with Gasteiger partial charge in [-0.3, -0.25) is 0 Å². The van der Waals surface area contributed by atoms with Gasteiger partial charge >= 0.3 is 0 Å². The SMILES string of the molecule is CC1=CCN[C@H](CCCS)C1. The Bertz CT molecular complexity index is 142. The Labute approximate surface area is 74.7 Å². The smallest absolute Gasteiger partial charge is 0.0140 e. The predicted molar refractivity (Wildman–Crippen MR) is 53.3 cm³/mol. The zero-order chi connectivity index (χ0) is 8.10. The third kappa shape index (κ3) is 3.30. The Balaban J connectivity index is 2.21. The molecule has 1 aliphatic heterocycles. The van der Waals surface area contributed by atoms with E-state index in [2.05, 4.69) is 30.9 Å². The molecule has 0 amide bonds. The topological polar surface area (TPSA) is 12.0 Å². The minimum absolute atomic E-state index is 0.715. The number of hydrogen-bond acceptors (Lipinski definition) is 2. The molecule has 1 nitrogen and oxygen atoms in total. The monoisotopic (exact) mass is 171 g/mol. The van der Waals surface area contributed by atoms with Crippen LogP contribution in [0.15, 0.2) is 11.6 Å². The van der Waals surface area contributed by atoms with Gasteiger partial charge in [0.15, 0.2) is 0 Å². The Kier molecular flexibility index (Phi) is 4.02. The van der Waals surface area contributed by atoms with E-state index in [4.69, 9.17) is 0 Å². The van der Waals surface area contributed by atoms with Gasteiger partial charge in [-0.2, -0.15) is 12.6 Å². The van der Waals surface area contributed by atoms with Crippen molar-refractivity contribution >= 4 is 12.6 Å². The van der Waals surface area contributed by atoms with Crippen LogP contribution in [0, 0.1) is 0 Å². The fourth-order valence-corrected chi connectivity index (χ4v) is 1.67. The molecule has 0 saturated heterocycles. The lowest BCUT2D eigenvalue weighted by atomic mass is 10.00. The summed E-state index contributed by atoms with van der Waals surface area (Å²) in [5.41, 5.74) is 1.54. The Morgan fingerprint density at radius 2 is 2.55 bits per heavy atom. The van der Waals surface area contributed by atoms with Crippen molar-refractivity contribution in [3.8, 4) is 0 Å². The van der Waals surface area contributed by atoms with E-state index in [0.29, 0.717) is 6.04 Å². The van der Waals surface area contributed by atoms with Crippen molar-refractivity contribution < 1.29 is 0 Å². The minimum atomic E-state index is 0.715. The van der Waals surface area contributed by atoms with Crippen LogP contribution >= 0.6 is 12.6 Å². The summed E-state index contributed by atoms with van der Waals surface area (Å²) in [7, 11) is 0. The highest BCUT2D eigenvalue weighted by Gasteiger charge is 2.10. The molecule has 1 N–H and O–H groups in total. The van der Waals surface area contributed by atoms with E-state index in [1.807, 2.05) is 0 Å². The third-order valence-corrected chi connectivity index (χ3v) is 2.45. The van der Waals surface area contributed by atoms with Crippen molar-refractivity contribution in [2.24, 2.45) is 0 Å². The number of rotatable bonds is 3. The van der Waals surface area contributed by atoms with Crippen LogP contribution < -0.4 is 5.32 Å². The van der Waals surface area contributed by atoms with Crippen LogP contribution in [0.1, 0.15) is 26.2 Å². The van der Waals surface area contributed by atoms with E-state index in [1.54, 1.807) is 0 Å². The van der Waals surface area contributed by atoms with Crippen molar-refractivity contribution in [3.05, 3.63) is 11.6 Å². The Morgan fingerprint density at radius 3 is 3.18 bits per heavy atom. The van der Waals surface area contributed by atoms with Crippen LogP contribution in [0.25, 0.3) is 0 Å². The zero-order valence-electron chi connectivity index (χ0n) is 7.14. The first-order valence-electron chi connectivity index (χ1n) is 4.33. The van der Waals surface area contributed by atoms with Crippen LogP contribution in [-0.4, -0.2) is 18.3 Å². The van der Waals surface area contributed by atoms with Gasteiger partial charge in [0.05, 0.1) is 0 Å². The predicted octanol–water partition coefficient (Wildman–Crippen LogP) is 2.00. The molecule has 0 aliphatic carbocycles. The van der Waals surface area contributed by atoms with Gasteiger partial charge in [0.25, 0.3) is 0 Å². The van der Waals surface area contributed by atoms with Crippen molar-refractivity contribution in [2.45, 2.75) is 32.2 Å². The van der Waals surface area contributed by atoms with E-state index in [1.165, 1.54) is 24.8 Å². The lowest BCUT2D eigenvalue weighted by Crippen LogP contribution is -2.32. The molecule has 2 heteroatoms. The van der Waals surface area contributed by atoms with Crippen molar-refractivity contribution in [1.82, 2.24) is 5.32 Å². The van der Waals surface area contributed by atoms with Gasteiger partial charge in [0.1, 0.15) is 0 Å². The molecule has 0 aromatic rings. The van der Waals surface area contributed by atoms with E-state index in [-0.39, 0.29) is 0 Å². The second-order valence-corrected chi connectivity index (χ2v) is 3.67. The fraction of sp³-hybridized carbons (Fsp3) is 0.778. The average Bonchev–Trinajstić information content (AvgIpc) is 2.01. The van der Waals surface area contributed by atoms with Crippen molar-refractivity contribution in [3.63, 3.8) is 0 Å². The van der Waals surface area contributed by atoms with Crippen molar-refractivity contribution in [2.75, 3.05) is 12.3 Å². The molecule has 0 aromatic carbocycles. The lowest BCUT2D eigenvalue weighted by Gasteiger charge is -2.22. The molecule has 1 aliphatic rings. The summed E-state index contributed by atoms with van der Waals surface area (Å²) in [5, 5.41) is 3.47. The summed E-state index contributed by atoms with van der Waals surface area (Å²) < 4.78 is 0. The van der Waals surface area contributed by atoms with Gasteiger partial charge in [-0.15, -0.1) is 0 Å². The number of nitrogens with one attached hydrogen (secondary N) is 1. The highest BCUT2D eigenvalue weighted by Crippen LogP contribution is 2.13. The summed E-state index contributed by atoms with van der Waals surface area (Å²) in [6, 6.07) is 0.715. The van der Waals surface area contributed by atoms with Gasteiger partial charge < -0.3 is 5.32 Å². The standard InChI is InChI=1S/C9H17NS/c1-8-4-5-10-9(7-8)3-2-6-11/h4,9-11H,2-3,5-7H2,1H3/t9-/m1/s1. The minimum Gasteiger partial charge on any atom is -0.310 e. The molecular weight excluding hydrogens is 154 g/mol. The molecule has 0 aromatic heterocycles. The molecular formula is C9H17NS. The normalized spacial score (nSPS) is 24.9. The average molecular weight is 171 g/mol. The van der Waals surface area contributed by atoms with Gasteiger partial charge in [-0.25, -0.2) is 0 Å². The van der Waals surface area contributed by atoms with Gasteiger partial charge in [-0.05, 0) is 31.9 Å². The maximum atomic E-state index is 4.20. The Morgan fingerprint density at radius 1 is 1.73 bits per heavy atom. The molecule has 11 heavy (non-hydrogen) atoms. The highest BCUT2D eigenvalue weighted by molar-refractivity contribution is 7.80. The third-order valence-electron chi connectivity index (χ3n) is 2.14. The number of thiol groups is 1. The fourth-order valence-electron chi connectivity index (χ4n) is 1.49. The van der Waals surface area contributed by atoms with Crippen LogP contribution in [0.4, 0.5) is 0 Å².